The highest BCUT2D eigenvalue weighted by molar-refractivity contribution is 5.77. The number of carbonyl (C=O) groups is 2. The van der Waals surface area contributed by atoms with E-state index in [0.29, 0.717) is 19.5 Å². The van der Waals surface area contributed by atoms with Gasteiger partial charge in [0.25, 0.3) is 0 Å². The minimum atomic E-state index is -0.810. The number of rotatable bonds is 3. The summed E-state index contributed by atoms with van der Waals surface area (Å²) in [5.41, 5.74) is 1.17. The average molecular weight is 331 g/mol. The van der Waals surface area contributed by atoms with Crippen LogP contribution in [0.5, 0.6) is 0 Å². The molecule has 24 heavy (non-hydrogen) atoms. The lowest BCUT2D eigenvalue weighted by Gasteiger charge is -2.35. The van der Waals surface area contributed by atoms with Gasteiger partial charge < -0.3 is 20.2 Å². The van der Waals surface area contributed by atoms with E-state index in [-0.39, 0.29) is 18.0 Å². The van der Waals surface area contributed by atoms with Crippen molar-refractivity contribution in [2.24, 2.45) is 11.8 Å². The Bertz CT molecular complexity index is 592. The van der Waals surface area contributed by atoms with Crippen molar-refractivity contribution >= 4 is 17.7 Å². The highest BCUT2D eigenvalue weighted by Crippen LogP contribution is 2.23. The Morgan fingerprint density at radius 3 is 2.62 bits per heavy atom. The SMILES string of the molecule is CC1CC(C(=O)O)CN(C(=O)NC2CCN(c3ccccc3)C2)C1. The van der Waals surface area contributed by atoms with Crippen molar-refractivity contribution in [3.63, 3.8) is 0 Å². The van der Waals surface area contributed by atoms with Gasteiger partial charge in [0, 0.05) is 37.9 Å². The van der Waals surface area contributed by atoms with Gasteiger partial charge in [0.05, 0.1) is 5.92 Å². The molecule has 2 fully saturated rings. The van der Waals surface area contributed by atoms with E-state index in [1.54, 1.807) is 4.90 Å². The van der Waals surface area contributed by atoms with Crippen LogP contribution in [0.4, 0.5) is 10.5 Å². The zero-order chi connectivity index (χ0) is 17.1. The number of nitrogens with zero attached hydrogens (tertiary/aromatic N) is 2. The Morgan fingerprint density at radius 2 is 1.92 bits per heavy atom. The molecule has 3 unspecified atom stereocenters. The van der Waals surface area contributed by atoms with Crippen LogP contribution < -0.4 is 10.2 Å². The first-order chi connectivity index (χ1) is 11.5. The Balaban J connectivity index is 1.54. The maximum Gasteiger partial charge on any atom is 0.317 e. The molecule has 6 heteroatoms. The quantitative estimate of drug-likeness (QED) is 0.889. The molecule has 0 aromatic heterocycles. The topological polar surface area (TPSA) is 72.9 Å². The second-order valence-electron chi connectivity index (χ2n) is 7.00. The van der Waals surface area contributed by atoms with Crippen molar-refractivity contribution in [2.45, 2.75) is 25.8 Å². The monoisotopic (exact) mass is 331 g/mol. The predicted molar refractivity (Wildman–Crippen MR) is 92.1 cm³/mol. The number of carboxylic acids is 1. The zero-order valence-electron chi connectivity index (χ0n) is 14.0. The second-order valence-corrected chi connectivity index (χ2v) is 7.00. The first-order valence-electron chi connectivity index (χ1n) is 8.61. The van der Waals surface area contributed by atoms with Crippen LogP contribution in [0.2, 0.25) is 0 Å². The fourth-order valence-electron chi connectivity index (χ4n) is 3.71. The van der Waals surface area contributed by atoms with Gasteiger partial charge in [0.1, 0.15) is 0 Å². The van der Waals surface area contributed by atoms with Crippen molar-refractivity contribution < 1.29 is 14.7 Å². The van der Waals surface area contributed by atoms with Crippen molar-refractivity contribution in [3.8, 4) is 0 Å². The molecule has 0 bridgehead atoms. The van der Waals surface area contributed by atoms with E-state index >= 15 is 0 Å². The predicted octanol–water partition coefficient (Wildman–Crippen LogP) is 2.02. The van der Waals surface area contributed by atoms with Gasteiger partial charge in [0.2, 0.25) is 0 Å². The lowest BCUT2D eigenvalue weighted by molar-refractivity contribution is -0.143. The molecule has 1 aromatic rings. The molecular weight excluding hydrogens is 306 g/mol. The highest BCUT2D eigenvalue weighted by Gasteiger charge is 2.33. The number of hydrogen-bond acceptors (Lipinski definition) is 3. The van der Waals surface area contributed by atoms with Crippen LogP contribution in [0.1, 0.15) is 19.8 Å². The number of nitrogens with one attached hydrogen (secondary N) is 1. The van der Waals surface area contributed by atoms with E-state index in [2.05, 4.69) is 22.3 Å². The molecule has 130 valence electrons. The van der Waals surface area contributed by atoms with Gasteiger partial charge in [-0.25, -0.2) is 4.79 Å². The van der Waals surface area contributed by atoms with Crippen LogP contribution >= 0.6 is 0 Å². The number of likely N-dealkylation sites (tertiary alicyclic amines) is 1. The number of aliphatic carboxylic acids is 1. The van der Waals surface area contributed by atoms with Crippen LogP contribution in [0.15, 0.2) is 30.3 Å². The molecule has 0 saturated carbocycles. The molecule has 3 atom stereocenters. The number of hydrogen-bond donors (Lipinski definition) is 2. The maximum absolute atomic E-state index is 12.5. The molecular formula is C18H25N3O3. The Kier molecular flexibility index (Phi) is 4.92. The van der Waals surface area contributed by atoms with Gasteiger partial charge in [-0.2, -0.15) is 0 Å². The maximum atomic E-state index is 12.5. The van der Waals surface area contributed by atoms with Crippen LogP contribution in [0.25, 0.3) is 0 Å². The Labute approximate surface area is 142 Å². The van der Waals surface area contributed by atoms with E-state index < -0.39 is 11.9 Å². The van der Waals surface area contributed by atoms with Gasteiger partial charge in [-0.15, -0.1) is 0 Å². The molecule has 3 rings (SSSR count). The van der Waals surface area contributed by atoms with Gasteiger partial charge in [-0.3, -0.25) is 4.79 Å². The number of amides is 2. The molecule has 2 aliphatic heterocycles. The summed E-state index contributed by atoms with van der Waals surface area (Å²) in [6, 6.07) is 10.2. The fourth-order valence-corrected chi connectivity index (χ4v) is 3.71. The van der Waals surface area contributed by atoms with Gasteiger partial charge in [0.15, 0.2) is 0 Å². The number of para-hydroxylation sites is 1. The molecule has 0 spiro atoms. The minimum absolute atomic E-state index is 0.109. The first-order valence-corrected chi connectivity index (χ1v) is 8.61. The number of benzene rings is 1. The van der Waals surface area contributed by atoms with Gasteiger partial charge in [-0.05, 0) is 30.9 Å². The van der Waals surface area contributed by atoms with Gasteiger partial charge >= 0.3 is 12.0 Å². The van der Waals surface area contributed by atoms with Crippen LogP contribution in [-0.2, 0) is 4.79 Å². The summed E-state index contributed by atoms with van der Waals surface area (Å²) in [7, 11) is 0. The molecule has 2 saturated heterocycles. The Hall–Kier alpha value is -2.24. The van der Waals surface area contributed by atoms with E-state index in [1.165, 1.54) is 5.69 Å². The zero-order valence-corrected chi connectivity index (χ0v) is 14.0. The molecule has 2 N–H and O–H groups in total. The molecule has 2 heterocycles. The summed E-state index contributed by atoms with van der Waals surface area (Å²) in [6.45, 7) is 4.65. The summed E-state index contributed by atoms with van der Waals surface area (Å²) < 4.78 is 0. The van der Waals surface area contributed by atoms with E-state index in [4.69, 9.17) is 0 Å². The standard InChI is InChI=1S/C18H25N3O3/c1-13-9-14(17(22)23)11-21(10-13)18(24)19-15-7-8-20(12-15)16-5-3-2-4-6-16/h2-6,13-15H,7-12H2,1H3,(H,19,24)(H,22,23). The summed E-state index contributed by atoms with van der Waals surface area (Å²) in [6.07, 6.45) is 1.55. The van der Waals surface area contributed by atoms with Crippen molar-refractivity contribution in [1.82, 2.24) is 10.2 Å². The number of anilines is 1. The summed E-state index contributed by atoms with van der Waals surface area (Å²) >= 11 is 0. The van der Waals surface area contributed by atoms with E-state index in [1.807, 2.05) is 25.1 Å². The van der Waals surface area contributed by atoms with Crippen LogP contribution in [-0.4, -0.2) is 54.2 Å². The summed E-state index contributed by atoms with van der Waals surface area (Å²) in [4.78, 5) is 27.7. The largest absolute Gasteiger partial charge is 0.481 e. The van der Waals surface area contributed by atoms with Crippen LogP contribution in [0, 0.1) is 11.8 Å². The van der Waals surface area contributed by atoms with Crippen molar-refractivity contribution in [2.75, 3.05) is 31.1 Å². The number of carbonyl (C=O) groups excluding carboxylic acids is 1. The number of carboxylic acid groups (broad SMARTS) is 1. The summed E-state index contributed by atoms with van der Waals surface area (Å²) in [5.74, 6) is -1.05. The smallest absolute Gasteiger partial charge is 0.317 e. The molecule has 2 amide bonds. The average Bonchev–Trinajstić information content (AvgIpc) is 3.03. The fraction of sp³-hybridized carbons (Fsp3) is 0.556. The van der Waals surface area contributed by atoms with Gasteiger partial charge in [-0.1, -0.05) is 25.1 Å². The van der Waals surface area contributed by atoms with Crippen molar-refractivity contribution in [1.29, 1.82) is 0 Å². The van der Waals surface area contributed by atoms with Crippen molar-refractivity contribution in [3.05, 3.63) is 30.3 Å². The Morgan fingerprint density at radius 1 is 1.17 bits per heavy atom. The summed E-state index contributed by atoms with van der Waals surface area (Å²) in [5, 5.41) is 12.3. The molecule has 2 aliphatic rings. The lowest BCUT2D eigenvalue weighted by atomic mass is 9.91. The third kappa shape index (κ3) is 3.80. The molecule has 0 radical (unpaired) electrons. The first kappa shape index (κ1) is 16.6. The van der Waals surface area contributed by atoms with E-state index in [9.17, 15) is 14.7 Å². The number of urea groups is 1. The third-order valence-electron chi connectivity index (χ3n) is 4.93. The molecule has 0 aliphatic carbocycles. The van der Waals surface area contributed by atoms with E-state index in [0.717, 1.165) is 19.5 Å². The number of piperidine rings is 1. The normalized spacial score (nSPS) is 27.1. The second kappa shape index (κ2) is 7.11. The van der Waals surface area contributed by atoms with Crippen LogP contribution in [0.3, 0.4) is 0 Å². The highest BCUT2D eigenvalue weighted by atomic mass is 16.4. The third-order valence-corrected chi connectivity index (χ3v) is 4.93. The minimum Gasteiger partial charge on any atom is -0.481 e. The lowest BCUT2D eigenvalue weighted by Crippen LogP contribution is -2.52. The molecule has 6 nitrogen and oxygen atoms in total. The molecule has 1 aromatic carbocycles.